The van der Waals surface area contributed by atoms with E-state index in [1.165, 1.54) is 51.4 Å². The fraction of sp³-hybridized carbons (Fsp3) is 1.00. The molecule has 0 aromatic heterocycles. The summed E-state index contributed by atoms with van der Waals surface area (Å²) in [4.78, 5) is 0. The maximum Gasteiger partial charge on any atom is 0.0518 e. The van der Waals surface area contributed by atoms with Crippen LogP contribution in [0, 0.1) is 5.41 Å². The van der Waals surface area contributed by atoms with Gasteiger partial charge < -0.3 is 4.74 Å². The van der Waals surface area contributed by atoms with Crippen molar-refractivity contribution >= 4 is 0 Å². The van der Waals surface area contributed by atoms with Crippen molar-refractivity contribution < 1.29 is 4.74 Å². The third-order valence-electron chi connectivity index (χ3n) is 3.02. The summed E-state index contributed by atoms with van der Waals surface area (Å²) in [6.45, 7) is 12.2. The molecule has 0 aliphatic rings. The van der Waals surface area contributed by atoms with Gasteiger partial charge in [-0.05, 0) is 32.1 Å². The molecular formula is C16H34O. The summed E-state index contributed by atoms with van der Waals surface area (Å²) in [6.07, 6.45) is 11.4. The van der Waals surface area contributed by atoms with Gasteiger partial charge in [-0.2, -0.15) is 0 Å². The second-order valence-electron chi connectivity index (χ2n) is 6.71. The maximum atomic E-state index is 5.52. The molecule has 0 radical (unpaired) electrons. The molecule has 0 saturated heterocycles. The number of ether oxygens (including phenoxy) is 1. The van der Waals surface area contributed by atoms with Gasteiger partial charge >= 0.3 is 0 Å². The summed E-state index contributed by atoms with van der Waals surface area (Å²) in [5.41, 5.74) is 0.522. The minimum absolute atomic E-state index is 0.396. The first kappa shape index (κ1) is 17.0. The molecule has 0 saturated carbocycles. The zero-order valence-corrected chi connectivity index (χ0v) is 12.8. The average Bonchev–Trinajstić information content (AvgIpc) is 2.18. The summed E-state index contributed by atoms with van der Waals surface area (Å²) < 4.78 is 5.52. The normalized spacial score (nSPS) is 12.4. The summed E-state index contributed by atoms with van der Waals surface area (Å²) in [5, 5.41) is 0. The van der Waals surface area contributed by atoms with E-state index in [9.17, 15) is 0 Å². The molecule has 0 N–H and O–H groups in total. The topological polar surface area (TPSA) is 9.23 Å². The Morgan fingerprint density at radius 3 is 1.71 bits per heavy atom. The van der Waals surface area contributed by atoms with E-state index in [2.05, 4.69) is 34.6 Å². The van der Waals surface area contributed by atoms with Crippen molar-refractivity contribution in [2.24, 2.45) is 5.41 Å². The Balaban J connectivity index is 3.04. The van der Waals surface area contributed by atoms with Gasteiger partial charge in [-0.3, -0.25) is 0 Å². The van der Waals surface area contributed by atoms with Crippen LogP contribution in [0.2, 0.25) is 0 Å². The Morgan fingerprint density at radius 2 is 1.24 bits per heavy atom. The van der Waals surface area contributed by atoms with E-state index in [1.54, 1.807) is 0 Å². The second kappa shape index (κ2) is 9.94. The van der Waals surface area contributed by atoms with Crippen molar-refractivity contribution in [2.75, 3.05) is 6.61 Å². The van der Waals surface area contributed by atoms with E-state index in [0.717, 1.165) is 6.61 Å². The van der Waals surface area contributed by atoms with Gasteiger partial charge in [0.1, 0.15) is 0 Å². The summed E-state index contributed by atoms with van der Waals surface area (Å²) in [6, 6.07) is 0. The SMILES string of the molecule is CC(C)OCCCCCCCCCC(C)(C)C. The molecule has 0 amide bonds. The molecule has 0 aromatic carbocycles. The highest BCUT2D eigenvalue weighted by atomic mass is 16.5. The van der Waals surface area contributed by atoms with Crippen molar-refractivity contribution in [3.8, 4) is 0 Å². The average molecular weight is 242 g/mol. The number of hydrogen-bond donors (Lipinski definition) is 0. The fourth-order valence-corrected chi connectivity index (χ4v) is 1.96. The third kappa shape index (κ3) is 16.0. The first-order chi connectivity index (χ1) is 7.92. The lowest BCUT2D eigenvalue weighted by atomic mass is 9.89. The molecule has 0 atom stereocenters. The molecule has 0 aliphatic carbocycles. The van der Waals surface area contributed by atoms with Crippen LogP contribution in [0.1, 0.15) is 86.0 Å². The Kier molecular flexibility index (Phi) is 9.91. The Bertz CT molecular complexity index is 155. The molecule has 0 bridgehead atoms. The fourth-order valence-electron chi connectivity index (χ4n) is 1.96. The van der Waals surface area contributed by atoms with E-state index < -0.39 is 0 Å². The molecule has 104 valence electrons. The number of hydrogen-bond acceptors (Lipinski definition) is 1. The molecule has 1 heteroatoms. The summed E-state index contributed by atoms with van der Waals surface area (Å²) >= 11 is 0. The van der Waals surface area contributed by atoms with Gasteiger partial charge in [0.05, 0.1) is 6.10 Å². The lowest BCUT2D eigenvalue weighted by molar-refractivity contribution is 0.0756. The van der Waals surface area contributed by atoms with Crippen LogP contribution in [-0.4, -0.2) is 12.7 Å². The first-order valence-corrected chi connectivity index (χ1v) is 7.53. The largest absolute Gasteiger partial charge is 0.379 e. The van der Waals surface area contributed by atoms with Crippen LogP contribution < -0.4 is 0 Å². The molecule has 0 rings (SSSR count). The molecule has 1 nitrogen and oxygen atoms in total. The monoisotopic (exact) mass is 242 g/mol. The summed E-state index contributed by atoms with van der Waals surface area (Å²) in [7, 11) is 0. The van der Waals surface area contributed by atoms with Gasteiger partial charge in [0.25, 0.3) is 0 Å². The minimum atomic E-state index is 0.396. The molecule has 0 aromatic rings. The van der Waals surface area contributed by atoms with Crippen LogP contribution >= 0.6 is 0 Å². The maximum absolute atomic E-state index is 5.52. The molecule has 17 heavy (non-hydrogen) atoms. The highest BCUT2D eigenvalue weighted by Crippen LogP contribution is 2.22. The minimum Gasteiger partial charge on any atom is -0.379 e. The van der Waals surface area contributed by atoms with Gasteiger partial charge in [-0.15, -0.1) is 0 Å². The molecule has 0 unspecified atom stereocenters. The number of unbranched alkanes of at least 4 members (excludes halogenated alkanes) is 6. The van der Waals surface area contributed by atoms with Gasteiger partial charge in [-0.25, -0.2) is 0 Å². The van der Waals surface area contributed by atoms with Gasteiger partial charge in [0.2, 0.25) is 0 Å². The van der Waals surface area contributed by atoms with Crippen LogP contribution in [0.3, 0.4) is 0 Å². The predicted molar refractivity (Wildman–Crippen MR) is 77.5 cm³/mol. The van der Waals surface area contributed by atoms with Gasteiger partial charge in [0, 0.05) is 6.61 Å². The van der Waals surface area contributed by atoms with E-state index in [1.807, 2.05) is 0 Å². The summed E-state index contributed by atoms with van der Waals surface area (Å²) in [5.74, 6) is 0. The van der Waals surface area contributed by atoms with Crippen LogP contribution in [-0.2, 0) is 4.74 Å². The first-order valence-electron chi connectivity index (χ1n) is 7.53. The van der Waals surface area contributed by atoms with E-state index >= 15 is 0 Å². The Labute approximate surface area is 109 Å². The highest BCUT2D eigenvalue weighted by molar-refractivity contribution is 4.61. The molecule has 0 heterocycles. The van der Waals surface area contributed by atoms with Crippen molar-refractivity contribution in [3.05, 3.63) is 0 Å². The van der Waals surface area contributed by atoms with E-state index in [4.69, 9.17) is 4.74 Å². The second-order valence-corrected chi connectivity index (χ2v) is 6.71. The van der Waals surface area contributed by atoms with E-state index in [-0.39, 0.29) is 0 Å². The Morgan fingerprint density at radius 1 is 0.765 bits per heavy atom. The van der Waals surface area contributed by atoms with Gasteiger partial charge in [-0.1, -0.05) is 59.3 Å². The zero-order valence-electron chi connectivity index (χ0n) is 12.8. The number of rotatable bonds is 10. The molecule has 0 spiro atoms. The van der Waals surface area contributed by atoms with Gasteiger partial charge in [0.15, 0.2) is 0 Å². The van der Waals surface area contributed by atoms with Crippen molar-refractivity contribution in [2.45, 2.75) is 92.1 Å². The lowest BCUT2D eigenvalue weighted by Gasteiger charge is -2.17. The lowest BCUT2D eigenvalue weighted by Crippen LogP contribution is -2.04. The van der Waals surface area contributed by atoms with Crippen LogP contribution in [0.5, 0.6) is 0 Å². The quantitative estimate of drug-likeness (QED) is 0.454. The highest BCUT2D eigenvalue weighted by Gasteiger charge is 2.08. The Hall–Kier alpha value is -0.0400. The predicted octanol–water partition coefficient (Wildman–Crippen LogP) is 5.58. The smallest absolute Gasteiger partial charge is 0.0518 e. The van der Waals surface area contributed by atoms with Crippen molar-refractivity contribution in [1.29, 1.82) is 0 Å². The molecule has 0 fully saturated rings. The zero-order chi connectivity index (χ0) is 13.1. The third-order valence-corrected chi connectivity index (χ3v) is 3.02. The molecule has 0 aliphatic heterocycles. The molecular weight excluding hydrogens is 208 g/mol. The van der Waals surface area contributed by atoms with Crippen molar-refractivity contribution in [1.82, 2.24) is 0 Å². The van der Waals surface area contributed by atoms with Crippen LogP contribution in [0.4, 0.5) is 0 Å². The van der Waals surface area contributed by atoms with Crippen molar-refractivity contribution in [3.63, 3.8) is 0 Å². The van der Waals surface area contributed by atoms with Crippen LogP contribution in [0.15, 0.2) is 0 Å². The van der Waals surface area contributed by atoms with E-state index in [0.29, 0.717) is 11.5 Å². The van der Waals surface area contributed by atoms with Crippen LogP contribution in [0.25, 0.3) is 0 Å². The standard InChI is InChI=1S/C16H34O/c1-15(2)17-14-12-10-8-6-7-9-11-13-16(3,4)5/h15H,6-14H2,1-5H3.